The predicted octanol–water partition coefficient (Wildman–Crippen LogP) is 2.47. The third-order valence-electron chi connectivity index (χ3n) is 4.78. The summed E-state index contributed by atoms with van der Waals surface area (Å²) < 4.78 is 6.92. The molecule has 2 aromatic heterocycles. The van der Waals surface area contributed by atoms with Crippen LogP contribution < -0.4 is 15.2 Å². The maximum atomic E-state index is 12.0. The lowest BCUT2D eigenvalue weighted by Gasteiger charge is -2.28. The largest absolute Gasteiger partial charge is 0.497 e. The number of pyridine rings is 1. The molecule has 1 atom stereocenters. The normalized spacial score (nSPS) is 17.2. The maximum Gasteiger partial charge on any atom is 0.266 e. The molecule has 6 heteroatoms. The number of fused-ring (bicyclic) bond motifs is 1. The van der Waals surface area contributed by atoms with Gasteiger partial charge in [-0.1, -0.05) is 0 Å². The second kappa shape index (κ2) is 6.55. The standard InChI is InChI=1S/C19H20N4O2/c1-25-15-6-7-17-16(12-15)18(8-10-20-17)22-11-3-4-14(22)13-23-19(24)5-2-9-21-23/h2,5-10,12,14H,3-4,11,13H2,1H3. The first kappa shape index (κ1) is 15.6. The Morgan fingerprint density at radius 1 is 1.24 bits per heavy atom. The van der Waals surface area contributed by atoms with Gasteiger partial charge >= 0.3 is 0 Å². The molecule has 0 spiro atoms. The van der Waals surface area contributed by atoms with Crippen LogP contribution in [0.4, 0.5) is 5.69 Å². The van der Waals surface area contributed by atoms with E-state index in [4.69, 9.17) is 4.74 Å². The van der Waals surface area contributed by atoms with E-state index in [0.717, 1.165) is 41.7 Å². The van der Waals surface area contributed by atoms with Gasteiger partial charge in [-0.3, -0.25) is 9.78 Å². The van der Waals surface area contributed by atoms with Crippen molar-refractivity contribution in [2.24, 2.45) is 0 Å². The van der Waals surface area contributed by atoms with Gasteiger partial charge < -0.3 is 9.64 Å². The Hall–Kier alpha value is -2.89. The number of methoxy groups -OCH3 is 1. The quantitative estimate of drug-likeness (QED) is 0.732. The molecule has 1 saturated heterocycles. The van der Waals surface area contributed by atoms with Crippen LogP contribution in [0.3, 0.4) is 0 Å². The van der Waals surface area contributed by atoms with Crippen LogP contribution >= 0.6 is 0 Å². The second-order valence-electron chi connectivity index (χ2n) is 6.25. The average molecular weight is 336 g/mol. The lowest BCUT2D eigenvalue weighted by Crippen LogP contribution is -2.37. The highest BCUT2D eigenvalue weighted by molar-refractivity contribution is 5.92. The van der Waals surface area contributed by atoms with Gasteiger partial charge in [-0.25, -0.2) is 4.68 Å². The van der Waals surface area contributed by atoms with E-state index >= 15 is 0 Å². The lowest BCUT2D eigenvalue weighted by atomic mass is 10.1. The van der Waals surface area contributed by atoms with Crippen molar-refractivity contribution < 1.29 is 4.74 Å². The number of ether oxygens (including phenoxy) is 1. The summed E-state index contributed by atoms with van der Waals surface area (Å²) in [7, 11) is 1.67. The summed E-state index contributed by atoms with van der Waals surface area (Å²) in [6, 6.07) is 11.4. The first-order chi connectivity index (χ1) is 12.3. The Balaban J connectivity index is 1.72. The number of anilines is 1. The van der Waals surface area contributed by atoms with Crippen LogP contribution in [0.5, 0.6) is 5.75 Å². The van der Waals surface area contributed by atoms with E-state index in [2.05, 4.69) is 15.0 Å². The van der Waals surface area contributed by atoms with E-state index in [-0.39, 0.29) is 11.6 Å². The zero-order valence-electron chi connectivity index (χ0n) is 14.1. The summed E-state index contributed by atoms with van der Waals surface area (Å²) in [6.45, 7) is 1.55. The third-order valence-corrected chi connectivity index (χ3v) is 4.78. The fraction of sp³-hybridized carbons (Fsp3) is 0.316. The van der Waals surface area contributed by atoms with Crippen LogP contribution in [0.25, 0.3) is 10.9 Å². The molecule has 6 nitrogen and oxygen atoms in total. The van der Waals surface area contributed by atoms with Crippen molar-refractivity contribution in [3.05, 3.63) is 59.1 Å². The fourth-order valence-corrected chi connectivity index (χ4v) is 3.55. The third kappa shape index (κ3) is 2.95. The monoisotopic (exact) mass is 336 g/mol. The number of rotatable bonds is 4. The van der Waals surface area contributed by atoms with Gasteiger partial charge in [-0.15, -0.1) is 0 Å². The van der Waals surface area contributed by atoms with E-state index in [1.807, 2.05) is 30.5 Å². The molecule has 3 heterocycles. The Kier molecular flexibility index (Phi) is 4.09. The highest BCUT2D eigenvalue weighted by Gasteiger charge is 2.27. The van der Waals surface area contributed by atoms with Gasteiger partial charge in [0.15, 0.2) is 0 Å². The summed E-state index contributed by atoms with van der Waals surface area (Å²) in [5.41, 5.74) is 2.02. The first-order valence-electron chi connectivity index (χ1n) is 8.48. The Morgan fingerprint density at radius 2 is 2.16 bits per heavy atom. The molecule has 0 aliphatic carbocycles. The van der Waals surface area contributed by atoms with Gasteiger partial charge in [0.25, 0.3) is 5.56 Å². The molecule has 0 amide bonds. The van der Waals surface area contributed by atoms with Crippen LogP contribution in [0.2, 0.25) is 0 Å². The second-order valence-corrected chi connectivity index (χ2v) is 6.25. The van der Waals surface area contributed by atoms with Crippen molar-refractivity contribution in [1.29, 1.82) is 0 Å². The molecule has 0 bridgehead atoms. The SMILES string of the molecule is COc1ccc2nccc(N3CCCC3Cn3ncccc3=O)c2c1. The smallest absolute Gasteiger partial charge is 0.266 e. The van der Waals surface area contributed by atoms with Crippen LogP contribution in [-0.2, 0) is 6.54 Å². The molecule has 25 heavy (non-hydrogen) atoms. The highest BCUT2D eigenvalue weighted by Crippen LogP contribution is 2.33. The number of nitrogens with zero attached hydrogens (tertiary/aromatic N) is 4. The molecule has 1 aromatic carbocycles. The molecule has 0 N–H and O–H groups in total. The molecule has 1 unspecified atom stereocenters. The number of benzene rings is 1. The van der Waals surface area contributed by atoms with Crippen LogP contribution in [0.1, 0.15) is 12.8 Å². The van der Waals surface area contributed by atoms with Gasteiger partial charge in [-0.05, 0) is 43.2 Å². The van der Waals surface area contributed by atoms with Crippen LogP contribution in [0, 0.1) is 0 Å². The molecule has 128 valence electrons. The van der Waals surface area contributed by atoms with E-state index in [0.29, 0.717) is 6.54 Å². The van der Waals surface area contributed by atoms with E-state index < -0.39 is 0 Å². The van der Waals surface area contributed by atoms with Crippen molar-refractivity contribution in [3.8, 4) is 5.75 Å². The van der Waals surface area contributed by atoms with Crippen molar-refractivity contribution >= 4 is 16.6 Å². The molecule has 0 saturated carbocycles. The fourth-order valence-electron chi connectivity index (χ4n) is 3.55. The highest BCUT2D eigenvalue weighted by atomic mass is 16.5. The van der Waals surface area contributed by atoms with E-state index in [9.17, 15) is 4.79 Å². The predicted molar refractivity (Wildman–Crippen MR) is 97.2 cm³/mol. The van der Waals surface area contributed by atoms with Crippen LogP contribution in [0.15, 0.2) is 53.6 Å². The van der Waals surface area contributed by atoms with Gasteiger partial charge in [0, 0.05) is 42.1 Å². The van der Waals surface area contributed by atoms with Crippen LogP contribution in [-0.4, -0.2) is 34.5 Å². The van der Waals surface area contributed by atoms with Crippen molar-refractivity contribution in [2.75, 3.05) is 18.6 Å². The van der Waals surface area contributed by atoms with E-state index in [1.54, 1.807) is 30.1 Å². The van der Waals surface area contributed by atoms with Crippen molar-refractivity contribution in [2.45, 2.75) is 25.4 Å². The molecule has 0 radical (unpaired) electrons. The minimum absolute atomic E-state index is 0.0596. The van der Waals surface area contributed by atoms with Gasteiger partial charge in [0.1, 0.15) is 5.75 Å². The summed E-state index contributed by atoms with van der Waals surface area (Å²) in [4.78, 5) is 18.8. The molecule has 4 rings (SSSR count). The summed E-state index contributed by atoms with van der Waals surface area (Å²) >= 11 is 0. The van der Waals surface area contributed by atoms with Crippen molar-refractivity contribution in [1.82, 2.24) is 14.8 Å². The van der Waals surface area contributed by atoms with E-state index in [1.165, 1.54) is 0 Å². The molecule has 3 aromatic rings. The lowest BCUT2D eigenvalue weighted by molar-refractivity contribution is 0.415. The topological polar surface area (TPSA) is 60.2 Å². The molecule has 1 fully saturated rings. The Labute approximate surface area is 145 Å². The average Bonchev–Trinajstić information content (AvgIpc) is 3.10. The number of hydrogen-bond acceptors (Lipinski definition) is 5. The molecule has 1 aliphatic heterocycles. The van der Waals surface area contributed by atoms with Crippen molar-refractivity contribution in [3.63, 3.8) is 0 Å². The number of hydrogen-bond donors (Lipinski definition) is 0. The van der Waals surface area contributed by atoms with Gasteiger partial charge in [0.05, 0.1) is 19.2 Å². The first-order valence-corrected chi connectivity index (χ1v) is 8.48. The summed E-state index contributed by atoms with van der Waals surface area (Å²) in [5, 5.41) is 5.28. The zero-order chi connectivity index (χ0) is 17.2. The molecule has 1 aliphatic rings. The minimum atomic E-state index is -0.0596. The summed E-state index contributed by atoms with van der Waals surface area (Å²) in [6.07, 6.45) is 5.64. The number of aromatic nitrogens is 3. The van der Waals surface area contributed by atoms with Gasteiger partial charge in [0.2, 0.25) is 0 Å². The minimum Gasteiger partial charge on any atom is -0.497 e. The molecular formula is C19H20N4O2. The Bertz CT molecular complexity index is 953. The molecular weight excluding hydrogens is 316 g/mol. The zero-order valence-corrected chi connectivity index (χ0v) is 14.1. The summed E-state index contributed by atoms with van der Waals surface area (Å²) in [5.74, 6) is 0.818. The Morgan fingerprint density at radius 3 is 3.00 bits per heavy atom. The van der Waals surface area contributed by atoms with Gasteiger partial charge in [-0.2, -0.15) is 5.10 Å². The maximum absolute atomic E-state index is 12.0.